The Hall–Kier alpha value is -0.900. The van der Waals surface area contributed by atoms with Crippen LogP contribution in [0.2, 0.25) is 10.0 Å². The highest BCUT2D eigenvalue weighted by atomic mass is 35.5. The molecule has 0 aromatic heterocycles. The molecule has 5 heteroatoms. The van der Waals surface area contributed by atoms with Gasteiger partial charge in [0, 0.05) is 23.3 Å². The van der Waals surface area contributed by atoms with E-state index >= 15 is 0 Å². The van der Waals surface area contributed by atoms with E-state index in [0.29, 0.717) is 22.0 Å². The van der Waals surface area contributed by atoms with Crippen molar-refractivity contribution in [3.8, 4) is 0 Å². The first kappa shape index (κ1) is 16.5. The van der Waals surface area contributed by atoms with E-state index in [1.165, 1.54) is 12.0 Å². The molecule has 0 spiro atoms. The lowest BCUT2D eigenvalue weighted by molar-refractivity contribution is 0.411. The van der Waals surface area contributed by atoms with Crippen molar-refractivity contribution in [1.82, 2.24) is 10.7 Å². The van der Waals surface area contributed by atoms with Crippen molar-refractivity contribution >= 4 is 28.9 Å². The fourth-order valence-corrected chi connectivity index (χ4v) is 2.93. The molecule has 0 aliphatic carbocycles. The second-order valence-corrected chi connectivity index (χ2v) is 6.52. The number of allylic oxidation sites excluding steroid dienone is 1. The van der Waals surface area contributed by atoms with Crippen LogP contribution in [-0.2, 0) is 0 Å². The molecule has 1 aromatic rings. The highest BCUT2D eigenvalue weighted by Gasteiger charge is 2.24. The van der Waals surface area contributed by atoms with Crippen molar-refractivity contribution in [3.63, 3.8) is 0 Å². The first-order valence-corrected chi connectivity index (χ1v) is 8.16. The first-order chi connectivity index (χ1) is 10.0. The Morgan fingerprint density at radius 3 is 2.86 bits per heavy atom. The second-order valence-electron chi connectivity index (χ2n) is 5.68. The molecule has 1 fully saturated rings. The summed E-state index contributed by atoms with van der Waals surface area (Å²) in [6.07, 6.45) is 2.31. The molecule has 3 nitrogen and oxygen atoms in total. The van der Waals surface area contributed by atoms with E-state index in [2.05, 4.69) is 36.9 Å². The lowest BCUT2D eigenvalue weighted by Crippen LogP contribution is -2.27. The van der Waals surface area contributed by atoms with E-state index in [1.807, 2.05) is 12.1 Å². The van der Waals surface area contributed by atoms with E-state index in [0.717, 1.165) is 24.4 Å². The molecule has 2 atom stereocenters. The van der Waals surface area contributed by atoms with Crippen LogP contribution in [-0.4, -0.2) is 12.6 Å². The Morgan fingerprint density at radius 1 is 1.43 bits per heavy atom. The maximum absolute atomic E-state index is 6.14. The summed E-state index contributed by atoms with van der Waals surface area (Å²) < 4.78 is 0. The summed E-state index contributed by atoms with van der Waals surface area (Å²) in [5.74, 6) is 0.703. The fraction of sp³-hybridized carbons (Fsp3) is 0.500. The van der Waals surface area contributed by atoms with Crippen LogP contribution >= 0.6 is 23.2 Å². The van der Waals surface area contributed by atoms with Gasteiger partial charge in [-0.25, -0.2) is 0 Å². The molecule has 3 N–H and O–H groups in total. The molecule has 1 aliphatic heterocycles. The Balaban J connectivity index is 1.95. The number of hydrogen-bond acceptors (Lipinski definition) is 3. The average Bonchev–Trinajstić information content (AvgIpc) is 2.95. The predicted octanol–water partition coefficient (Wildman–Crippen LogP) is 4.59. The zero-order chi connectivity index (χ0) is 15.4. The molecular weight excluding hydrogens is 305 g/mol. The van der Waals surface area contributed by atoms with Gasteiger partial charge in [0.2, 0.25) is 0 Å². The zero-order valence-electron chi connectivity index (χ0n) is 12.8. The van der Waals surface area contributed by atoms with E-state index in [4.69, 9.17) is 23.2 Å². The summed E-state index contributed by atoms with van der Waals surface area (Å²) in [5.41, 5.74) is 9.78. The van der Waals surface area contributed by atoms with Crippen molar-refractivity contribution < 1.29 is 0 Å². The number of benzene rings is 1. The smallest absolute Gasteiger partial charge is 0.0727 e. The minimum absolute atomic E-state index is 0.584. The second kappa shape index (κ2) is 7.39. The van der Waals surface area contributed by atoms with Gasteiger partial charge in [0.15, 0.2) is 0 Å². The van der Waals surface area contributed by atoms with Gasteiger partial charge in [-0.3, -0.25) is 5.43 Å². The SMILES string of the molecule is CCC(C)C1CC(=C(C)NNc2ccc(Cl)cc2Cl)CN1. The maximum Gasteiger partial charge on any atom is 0.0727 e. The van der Waals surface area contributed by atoms with Crippen LogP contribution in [0.3, 0.4) is 0 Å². The lowest BCUT2D eigenvalue weighted by atomic mass is 9.96. The van der Waals surface area contributed by atoms with Crippen molar-refractivity contribution in [2.45, 2.75) is 39.7 Å². The monoisotopic (exact) mass is 327 g/mol. The van der Waals surface area contributed by atoms with Crippen molar-refractivity contribution in [3.05, 3.63) is 39.5 Å². The first-order valence-electron chi connectivity index (χ1n) is 7.40. The van der Waals surface area contributed by atoms with Gasteiger partial charge < -0.3 is 10.7 Å². The third-order valence-corrected chi connectivity index (χ3v) is 4.77. The van der Waals surface area contributed by atoms with E-state index < -0.39 is 0 Å². The van der Waals surface area contributed by atoms with E-state index in [9.17, 15) is 0 Å². The molecule has 2 rings (SSSR count). The Labute approximate surface area is 137 Å². The van der Waals surface area contributed by atoms with Crippen LogP contribution in [0.25, 0.3) is 0 Å². The van der Waals surface area contributed by atoms with Gasteiger partial charge in [-0.15, -0.1) is 0 Å². The van der Waals surface area contributed by atoms with E-state index in [-0.39, 0.29) is 0 Å². The van der Waals surface area contributed by atoms with Gasteiger partial charge in [0.25, 0.3) is 0 Å². The average molecular weight is 328 g/mol. The molecule has 0 radical (unpaired) electrons. The summed E-state index contributed by atoms with van der Waals surface area (Å²) >= 11 is 12.0. The minimum Gasteiger partial charge on any atom is -0.310 e. The zero-order valence-corrected chi connectivity index (χ0v) is 14.3. The van der Waals surface area contributed by atoms with Crippen molar-refractivity contribution in [1.29, 1.82) is 0 Å². The van der Waals surface area contributed by atoms with Gasteiger partial charge in [0.05, 0.1) is 10.7 Å². The predicted molar refractivity (Wildman–Crippen MR) is 91.8 cm³/mol. The molecule has 1 saturated heterocycles. The summed E-state index contributed by atoms with van der Waals surface area (Å²) in [7, 11) is 0. The van der Waals surface area contributed by atoms with Gasteiger partial charge in [-0.1, -0.05) is 43.5 Å². The largest absolute Gasteiger partial charge is 0.310 e. The Morgan fingerprint density at radius 2 is 2.19 bits per heavy atom. The standard InChI is InChI=1S/C16H23Cl2N3/c1-4-10(2)16-7-12(9-19-16)11(3)20-21-15-6-5-13(17)8-14(15)18/h5-6,8,10,16,19-21H,4,7,9H2,1-3H3. The van der Waals surface area contributed by atoms with E-state index in [1.54, 1.807) is 6.07 Å². The fourth-order valence-electron chi connectivity index (χ4n) is 2.48. The Bertz CT molecular complexity index is 528. The molecule has 0 bridgehead atoms. The molecular formula is C16H23Cl2N3. The lowest BCUT2D eigenvalue weighted by Gasteiger charge is -2.17. The van der Waals surface area contributed by atoms with Crippen LogP contribution in [0.4, 0.5) is 5.69 Å². The molecule has 2 unspecified atom stereocenters. The topological polar surface area (TPSA) is 36.1 Å². The normalized spacial score (nSPS) is 22.0. The molecule has 1 aliphatic rings. The third kappa shape index (κ3) is 4.29. The summed E-state index contributed by atoms with van der Waals surface area (Å²) in [6.45, 7) is 7.58. The number of rotatable bonds is 5. The van der Waals surface area contributed by atoms with Crippen molar-refractivity contribution in [2.24, 2.45) is 5.92 Å². The molecule has 1 heterocycles. The van der Waals surface area contributed by atoms with Crippen molar-refractivity contribution in [2.75, 3.05) is 12.0 Å². The maximum atomic E-state index is 6.14. The minimum atomic E-state index is 0.584. The van der Waals surface area contributed by atoms with Gasteiger partial charge >= 0.3 is 0 Å². The highest BCUT2D eigenvalue weighted by Crippen LogP contribution is 2.26. The summed E-state index contributed by atoms with van der Waals surface area (Å²) in [4.78, 5) is 0. The molecule has 0 amide bonds. The molecule has 116 valence electrons. The number of hydrogen-bond donors (Lipinski definition) is 3. The highest BCUT2D eigenvalue weighted by molar-refractivity contribution is 6.36. The van der Waals surface area contributed by atoms with Gasteiger partial charge in [-0.05, 0) is 43.0 Å². The summed E-state index contributed by atoms with van der Waals surface area (Å²) in [5, 5.41) is 4.83. The van der Waals surface area contributed by atoms with Crippen LogP contribution in [0, 0.1) is 5.92 Å². The molecule has 0 saturated carbocycles. The molecule has 1 aromatic carbocycles. The van der Waals surface area contributed by atoms with Gasteiger partial charge in [-0.2, -0.15) is 0 Å². The van der Waals surface area contributed by atoms with Crippen LogP contribution in [0.5, 0.6) is 0 Å². The third-order valence-electron chi connectivity index (χ3n) is 4.22. The quantitative estimate of drug-likeness (QED) is 0.692. The number of halogens is 2. The summed E-state index contributed by atoms with van der Waals surface area (Å²) in [6, 6.07) is 5.99. The van der Waals surface area contributed by atoms with Crippen LogP contribution in [0.1, 0.15) is 33.6 Å². The number of anilines is 1. The Kier molecular flexibility index (Phi) is 5.80. The van der Waals surface area contributed by atoms with Gasteiger partial charge in [0.1, 0.15) is 0 Å². The number of hydrazine groups is 1. The number of nitrogens with one attached hydrogen (secondary N) is 3. The molecule has 21 heavy (non-hydrogen) atoms. The van der Waals surface area contributed by atoms with Crippen LogP contribution in [0.15, 0.2) is 29.5 Å². The van der Waals surface area contributed by atoms with Crippen LogP contribution < -0.4 is 16.2 Å².